The van der Waals surface area contributed by atoms with Crippen LogP contribution >= 0.6 is 27.5 Å². The van der Waals surface area contributed by atoms with Crippen LogP contribution in [0, 0.1) is 0 Å². The Bertz CT molecular complexity index is 487. The number of hydrogen-bond acceptors (Lipinski definition) is 4. The molecule has 6 heteroatoms. The Morgan fingerprint density at radius 2 is 2.27 bits per heavy atom. The van der Waals surface area contributed by atoms with E-state index in [2.05, 4.69) is 25.9 Å². The van der Waals surface area contributed by atoms with E-state index in [0.29, 0.717) is 22.0 Å². The molecule has 0 radical (unpaired) electrons. The van der Waals surface area contributed by atoms with Crippen LogP contribution in [0.5, 0.6) is 5.75 Å². The summed E-state index contributed by atoms with van der Waals surface area (Å²) in [5.74, 6) is 1.41. The van der Waals surface area contributed by atoms with E-state index in [1.165, 1.54) is 13.3 Å². The summed E-state index contributed by atoms with van der Waals surface area (Å²) in [6.07, 6.45) is 1.50. The Labute approximate surface area is 99.4 Å². The molecule has 0 atom stereocenters. The first-order valence-electron chi connectivity index (χ1n) is 4.03. The van der Waals surface area contributed by atoms with Gasteiger partial charge in [0, 0.05) is 0 Å². The third-order valence-corrected chi connectivity index (χ3v) is 2.42. The largest absolute Gasteiger partial charge is 0.492 e. The summed E-state index contributed by atoms with van der Waals surface area (Å²) in [6.45, 7) is 0. The lowest BCUT2D eigenvalue weighted by atomic mass is 10.4. The third kappa shape index (κ3) is 2.13. The molecule has 0 aliphatic rings. The highest BCUT2D eigenvalue weighted by Crippen LogP contribution is 2.26. The van der Waals surface area contributed by atoms with Crippen LogP contribution in [0.3, 0.4) is 0 Å². The van der Waals surface area contributed by atoms with E-state index in [1.54, 1.807) is 12.1 Å². The van der Waals surface area contributed by atoms with Crippen LogP contribution in [0.25, 0.3) is 11.6 Å². The third-order valence-electron chi connectivity index (χ3n) is 1.72. The van der Waals surface area contributed by atoms with Crippen molar-refractivity contribution in [2.24, 2.45) is 0 Å². The highest BCUT2D eigenvalue weighted by atomic mass is 79.9. The average Bonchev–Trinajstić information content (AvgIpc) is 2.65. The summed E-state index contributed by atoms with van der Waals surface area (Å²) in [7, 11) is 1.51. The van der Waals surface area contributed by atoms with Gasteiger partial charge in [0.25, 0.3) is 0 Å². The van der Waals surface area contributed by atoms with Crippen LogP contribution in [-0.4, -0.2) is 17.1 Å². The van der Waals surface area contributed by atoms with Crippen LogP contribution in [0.15, 0.2) is 27.4 Å². The number of aromatic nitrogens is 2. The molecule has 0 aromatic carbocycles. The molecule has 0 saturated carbocycles. The van der Waals surface area contributed by atoms with Gasteiger partial charge in [-0.05, 0) is 28.1 Å². The van der Waals surface area contributed by atoms with Gasteiger partial charge in [-0.3, -0.25) is 0 Å². The fraction of sp³-hybridized carbons (Fsp3) is 0.111. The molecule has 0 aliphatic heterocycles. The number of ether oxygens (including phenoxy) is 1. The maximum absolute atomic E-state index is 5.86. The Hall–Kier alpha value is -1.07. The monoisotopic (exact) mass is 288 g/mol. The Morgan fingerprint density at radius 1 is 1.47 bits per heavy atom. The van der Waals surface area contributed by atoms with Gasteiger partial charge in [0.05, 0.1) is 13.3 Å². The molecule has 78 valence electrons. The van der Waals surface area contributed by atoms with Gasteiger partial charge in [0.2, 0.25) is 0 Å². The molecule has 2 aromatic heterocycles. The van der Waals surface area contributed by atoms with Crippen molar-refractivity contribution in [2.45, 2.75) is 0 Å². The lowest BCUT2D eigenvalue weighted by Crippen LogP contribution is -1.92. The molecule has 0 amide bonds. The second kappa shape index (κ2) is 4.20. The van der Waals surface area contributed by atoms with Gasteiger partial charge in [-0.2, -0.15) is 0 Å². The maximum Gasteiger partial charge on any atom is 0.197 e. The van der Waals surface area contributed by atoms with Gasteiger partial charge in [0.15, 0.2) is 27.2 Å². The van der Waals surface area contributed by atoms with Crippen LogP contribution < -0.4 is 4.74 Å². The van der Waals surface area contributed by atoms with E-state index < -0.39 is 0 Å². The van der Waals surface area contributed by atoms with Crippen LogP contribution in [0.2, 0.25) is 5.15 Å². The molecule has 0 saturated heterocycles. The average molecular weight is 290 g/mol. The van der Waals surface area contributed by atoms with Gasteiger partial charge < -0.3 is 9.15 Å². The lowest BCUT2D eigenvalue weighted by molar-refractivity contribution is 0.411. The molecule has 0 bridgehead atoms. The molecule has 0 fully saturated rings. The summed E-state index contributed by atoms with van der Waals surface area (Å²) in [6, 6.07) is 3.51. The normalized spacial score (nSPS) is 10.3. The summed E-state index contributed by atoms with van der Waals surface area (Å²) in [5, 5.41) is 0.259. The maximum atomic E-state index is 5.86. The van der Waals surface area contributed by atoms with E-state index in [9.17, 15) is 0 Å². The summed E-state index contributed by atoms with van der Waals surface area (Å²) in [5.41, 5.74) is 0. The van der Waals surface area contributed by atoms with Crippen LogP contribution in [0.4, 0.5) is 0 Å². The molecule has 0 unspecified atom stereocenters. The highest BCUT2D eigenvalue weighted by Gasteiger charge is 2.10. The minimum atomic E-state index is 0.259. The molecule has 15 heavy (non-hydrogen) atoms. The first kappa shape index (κ1) is 10.4. The number of hydrogen-bond donors (Lipinski definition) is 0. The van der Waals surface area contributed by atoms with Gasteiger partial charge >= 0.3 is 0 Å². The molecular weight excluding hydrogens is 283 g/mol. The molecular formula is C9H6BrClN2O2. The Kier molecular flexibility index (Phi) is 2.93. The van der Waals surface area contributed by atoms with Crippen molar-refractivity contribution in [3.63, 3.8) is 0 Å². The molecule has 0 aliphatic carbocycles. The van der Waals surface area contributed by atoms with Crippen LogP contribution in [0.1, 0.15) is 0 Å². The van der Waals surface area contributed by atoms with E-state index in [1.807, 2.05) is 0 Å². The molecule has 2 heterocycles. The summed E-state index contributed by atoms with van der Waals surface area (Å²) < 4.78 is 10.9. The fourth-order valence-corrected chi connectivity index (χ4v) is 1.55. The van der Waals surface area contributed by atoms with Crippen molar-refractivity contribution in [3.8, 4) is 17.3 Å². The molecule has 4 nitrogen and oxygen atoms in total. The van der Waals surface area contributed by atoms with Crippen molar-refractivity contribution in [1.29, 1.82) is 0 Å². The van der Waals surface area contributed by atoms with Gasteiger partial charge in [-0.25, -0.2) is 9.97 Å². The van der Waals surface area contributed by atoms with Crippen molar-refractivity contribution in [3.05, 3.63) is 28.2 Å². The molecule has 0 spiro atoms. The summed E-state index contributed by atoms with van der Waals surface area (Å²) in [4.78, 5) is 8.10. The smallest absolute Gasteiger partial charge is 0.197 e. The van der Waals surface area contributed by atoms with Gasteiger partial charge in [-0.1, -0.05) is 11.6 Å². The van der Waals surface area contributed by atoms with E-state index in [-0.39, 0.29) is 5.15 Å². The first-order chi connectivity index (χ1) is 7.20. The summed E-state index contributed by atoms with van der Waals surface area (Å²) >= 11 is 9.05. The fourth-order valence-electron chi connectivity index (χ4n) is 1.04. The lowest BCUT2D eigenvalue weighted by Gasteiger charge is -2.01. The van der Waals surface area contributed by atoms with E-state index >= 15 is 0 Å². The zero-order chi connectivity index (χ0) is 10.8. The zero-order valence-electron chi connectivity index (χ0n) is 7.70. The standard InChI is InChI=1S/C9H6BrClN2O2/c1-14-6-4-12-9(13-8(6)11)5-2-3-7(10)15-5/h2-4H,1H3. The molecule has 2 aromatic rings. The number of halogens is 2. The number of rotatable bonds is 2. The number of furan rings is 1. The Balaban J connectivity index is 2.42. The minimum absolute atomic E-state index is 0.259. The van der Waals surface area contributed by atoms with Gasteiger partial charge in [0.1, 0.15) is 0 Å². The SMILES string of the molecule is COc1cnc(-c2ccc(Br)o2)nc1Cl. The van der Waals surface area contributed by atoms with Crippen LogP contribution in [-0.2, 0) is 0 Å². The number of methoxy groups -OCH3 is 1. The zero-order valence-corrected chi connectivity index (χ0v) is 10.0. The topological polar surface area (TPSA) is 48.2 Å². The first-order valence-corrected chi connectivity index (χ1v) is 5.20. The Morgan fingerprint density at radius 3 is 2.80 bits per heavy atom. The second-order valence-corrected chi connectivity index (χ2v) is 3.80. The van der Waals surface area contributed by atoms with Crippen molar-refractivity contribution < 1.29 is 9.15 Å². The predicted octanol–water partition coefficient (Wildman–Crippen LogP) is 3.16. The van der Waals surface area contributed by atoms with Crippen molar-refractivity contribution in [2.75, 3.05) is 7.11 Å². The van der Waals surface area contributed by atoms with Crippen molar-refractivity contribution in [1.82, 2.24) is 9.97 Å². The van der Waals surface area contributed by atoms with E-state index in [0.717, 1.165) is 0 Å². The second-order valence-electron chi connectivity index (χ2n) is 2.66. The minimum Gasteiger partial charge on any atom is -0.492 e. The van der Waals surface area contributed by atoms with Gasteiger partial charge in [-0.15, -0.1) is 0 Å². The number of nitrogens with zero attached hydrogens (tertiary/aromatic N) is 2. The van der Waals surface area contributed by atoms with E-state index in [4.69, 9.17) is 20.8 Å². The highest BCUT2D eigenvalue weighted by molar-refractivity contribution is 9.10. The molecule has 0 N–H and O–H groups in total. The molecule has 2 rings (SSSR count). The quantitative estimate of drug-likeness (QED) is 0.797. The predicted molar refractivity (Wildman–Crippen MR) is 59.0 cm³/mol. The van der Waals surface area contributed by atoms with Crippen molar-refractivity contribution >= 4 is 27.5 Å².